The van der Waals surface area contributed by atoms with E-state index in [1.165, 1.54) is 0 Å². The summed E-state index contributed by atoms with van der Waals surface area (Å²) < 4.78 is 5.86. The van der Waals surface area contributed by atoms with Gasteiger partial charge in [0.15, 0.2) is 5.11 Å². The molecule has 5 heteroatoms. The lowest BCUT2D eigenvalue weighted by molar-refractivity contribution is -0.122. The van der Waals surface area contributed by atoms with E-state index in [0.717, 1.165) is 11.3 Å². The summed E-state index contributed by atoms with van der Waals surface area (Å²) in [7, 11) is 0. The van der Waals surface area contributed by atoms with E-state index in [9.17, 15) is 4.79 Å². The minimum atomic E-state index is -0.0722. The van der Waals surface area contributed by atoms with Gasteiger partial charge in [0.05, 0.1) is 0 Å². The molecular weight excluding hydrogens is 308 g/mol. The van der Waals surface area contributed by atoms with Crippen molar-refractivity contribution in [2.45, 2.75) is 13.8 Å². The molecule has 1 aromatic carbocycles. The van der Waals surface area contributed by atoms with Crippen LogP contribution in [0.1, 0.15) is 19.6 Å². The number of likely N-dealkylation sites (N-methyl/N-ethyl adjacent to an activating group) is 2. The highest BCUT2D eigenvalue weighted by molar-refractivity contribution is 7.80. The van der Waals surface area contributed by atoms with Crippen LogP contribution < -0.4 is 0 Å². The van der Waals surface area contributed by atoms with Crippen LogP contribution in [0.5, 0.6) is 0 Å². The Morgan fingerprint density at radius 1 is 1.04 bits per heavy atom. The zero-order chi connectivity index (χ0) is 16.4. The number of carbonyl (C=O) groups is 1. The van der Waals surface area contributed by atoms with Crippen molar-refractivity contribution >= 4 is 29.3 Å². The van der Waals surface area contributed by atoms with E-state index in [2.05, 4.69) is 0 Å². The molecule has 1 amide bonds. The van der Waals surface area contributed by atoms with E-state index >= 15 is 0 Å². The standard InChI is InChI=1S/C18H18N2O2S/c1-3-19-15(17(21)20(4-2)18(19)23)12-14-10-11-16(22-14)13-8-6-5-7-9-13/h5-12H,3-4H2,1-2H3/b15-12+. The number of furan rings is 1. The first-order valence-corrected chi connectivity index (χ1v) is 8.06. The monoisotopic (exact) mass is 326 g/mol. The van der Waals surface area contributed by atoms with Gasteiger partial charge in [-0.3, -0.25) is 9.69 Å². The molecule has 0 atom stereocenters. The molecular formula is C18H18N2O2S. The summed E-state index contributed by atoms with van der Waals surface area (Å²) in [6.07, 6.45) is 1.76. The van der Waals surface area contributed by atoms with Gasteiger partial charge in [0.25, 0.3) is 5.91 Å². The van der Waals surface area contributed by atoms with Crippen molar-refractivity contribution in [1.82, 2.24) is 9.80 Å². The number of thiocarbonyl (C=S) groups is 1. The maximum atomic E-state index is 12.5. The van der Waals surface area contributed by atoms with Crippen LogP contribution in [0, 0.1) is 0 Å². The largest absolute Gasteiger partial charge is 0.457 e. The number of nitrogens with zero attached hydrogens (tertiary/aromatic N) is 2. The summed E-state index contributed by atoms with van der Waals surface area (Å²) in [6.45, 7) is 5.11. The van der Waals surface area contributed by atoms with Gasteiger partial charge < -0.3 is 9.32 Å². The lowest BCUT2D eigenvalue weighted by atomic mass is 10.2. The van der Waals surface area contributed by atoms with Crippen molar-refractivity contribution in [1.29, 1.82) is 0 Å². The first-order chi connectivity index (χ1) is 11.2. The van der Waals surface area contributed by atoms with Crippen LogP contribution in [0.15, 0.2) is 52.6 Å². The van der Waals surface area contributed by atoms with E-state index < -0.39 is 0 Å². The van der Waals surface area contributed by atoms with Crippen molar-refractivity contribution in [3.05, 3.63) is 53.9 Å². The second-order valence-electron chi connectivity index (χ2n) is 5.17. The minimum Gasteiger partial charge on any atom is -0.457 e. The zero-order valence-corrected chi connectivity index (χ0v) is 14.0. The fourth-order valence-electron chi connectivity index (χ4n) is 2.64. The van der Waals surface area contributed by atoms with Crippen LogP contribution in [-0.2, 0) is 4.79 Å². The van der Waals surface area contributed by atoms with Crippen LogP contribution in [-0.4, -0.2) is 33.9 Å². The maximum absolute atomic E-state index is 12.5. The SMILES string of the molecule is CCN1C(=O)/C(=C\c2ccc(-c3ccccc3)o2)N(CC)C1=S. The van der Waals surface area contributed by atoms with Gasteiger partial charge in [-0.05, 0) is 38.2 Å². The van der Waals surface area contributed by atoms with Gasteiger partial charge in [0, 0.05) is 24.7 Å². The van der Waals surface area contributed by atoms with Crippen LogP contribution >= 0.6 is 12.2 Å². The number of amides is 1. The molecule has 0 N–H and O–H groups in total. The summed E-state index contributed by atoms with van der Waals surface area (Å²) in [6, 6.07) is 13.7. The van der Waals surface area contributed by atoms with Crippen molar-refractivity contribution in [2.24, 2.45) is 0 Å². The van der Waals surface area contributed by atoms with Gasteiger partial charge in [-0.1, -0.05) is 30.3 Å². The molecule has 0 spiro atoms. The number of benzene rings is 1. The Bertz CT molecular complexity index is 764. The van der Waals surface area contributed by atoms with Crippen LogP contribution in [0.3, 0.4) is 0 Å². The molecule has 0 saturated carbocycles. The van der Waals surface area contributed by atoms with Crippen LogP contribution in [0.25, 0.3) is 17.4 Å². The second-order valence-corrected chi connectivity index (χ2v) is 5.54. The molecule has 1 aliphatic heterocycles. The highest BCUT2D eigenvalue weighted by Gasteiger charge is 2.36. The molecule has 0 unspecified atom stereocenters. The zero-order valence-electron chi connectivity index (χ0n) is 13.2. The van der Waals surface area contributed by atoms with Crippen molar-refractivity contribution in [3.8, 4) is 11.3 Å². The summed E-state index contributed by atoms with van der Waals surface area (Å²) in [5.74, 6) is 1.35. The highest BCUT2D eigenvalue weighted by Crippen LogP contribution is 2.26. The molecule has 0 radical (unpaired) electrons. The van der Waals surface area contributed by atoms with Gasteiger partial charge in [-0.15, -0.1) is 0 Å². The molecule has 1 fully saturated rings. The summed E-state index contributed by atoms with van der Waals surface area (Å²) in [5.41, 5.74) is 1.57. The highest BCUT2D eigenvalue weighted by atomic mass is 32.1. The number of carbonyl (C=O) groups excluding carboxylic acids is 1. The minimum absolute atomic E-state index is 0.0722. The van der Waals surface area contributed by atoms with Gasteiger partial charge in [-0.25, -0.2) is 0 Å². The lowest BCUT2D eigenvalue weighted by Gasteiger charge is -2.16. The molecule has 4 nitrogen and oxygen atoms in total. The third-order valence-corrected chi connectivity index (χ3v) is 4.25. The van der Waals surface area contributed by atoms with Crippen LogP contribution in [0.4, 0.5) is 0 Å². The van der Waals surface area contributed by atoms with Crippen molar-refractivity contribution in [3.63, 3.8) is 0 Å². The van der Waals surface area contributed by atoms with E-state index in [0.29, 0.717) is 29.7 Å². The Kier molecular flexibility index (Phi) is 4.30. The number of rotatable bonds is 4. The average Bonchev–Trinajstić information content (AvgIpc) is 3.12. The quantitative estimate of drug-likeness (QED) is 0.633. The second kappa shape index (κ2) is 6.38. The molecule has 1 aliphatic rings. The summed E-state index contributed by atoms with van der Waals surface area (Å²) in [5, 5.41) is 0.557. The van der Waals surface area contributed by atoms with E-state index in [1.54, 1.807) is 11.0 Å². The topological polar surface area (TPSA) is 36.7 Å². The predicted molar refractivity (Wildman–Crippen MR) is 94.5 cm³/mol. The van der Waals surface area contributed by atoms with Gasteiger partial charge in [0.2, 0.25) is 0 Å². The molecule has 3 rings (SSSR count). The van der Waals surface area contributed by atoms with E-state index in [1.807, 2.05) is 61.2 Å². The van der Waals surface area contributed by atoms with Crippen LogP contribution in [0.2, 0.25) is 0 Å². The Morgan fingerprint density at radius 2 is 1.74 bits per heavy atom. The Hall–Kier alpha value is -2.40. The van der Waals surface area contributed by atoms with E-state index in [4.69, 9.17) is 16.6 Å². The summed E-state index contributed by atoms with van der Waals surface area (Å²) >= 11 is 5.37. The fraction of sp³-hybridized carbons (Fsp3) is 0.222. The Morgan fingerprint density at radius 3 is 2.39 bits per heavy atom. The normalized spacial score (nSPS) is 16.7. The number of hydrogen-bond acceptors (Lipinski definition) is 3. The van der Waals surface area contributed by atoms with Gasteiger partial charge in [-0.2, -0.15) is 0 Å². The molecule has 2 heterocycles. The van der Waals surface area contributed by atoms with Gasteiger partial charge in [0.1, 0.15) is 17.2 Å². The van der Waals surface area contributed by atoms with Crippen molar-refractivity contribution < 1.29 is 9.21 Å². The predicted octanol–water partition coefficient (Wildman–Crippen LogP) is 3.76. The molecule has 0 aliphatic carbocycles. The Balaban J connectivity index is 1.94. The number of hydrogen-bond donors (Lipinski definition) is 0. The smallest absolute Gasteiger partial charge is 0.276 e. The average molecular weight is 326 g/mol. The first kappa shape index (κ1) is 15.5. The molecule has 118 valence electrons. The van der Waals surface area contributed by atoms with Crippen molar-refractivity contribution in [2.75, 3.05) is 13.1 Å². The summed E-state index contributed by atoms with van der Waals surface area (Å²) in [4.78, 5) is 15.9. The molecule has 2 aromatic rings. The third kappa shape index (κ3) is 2.80. The molecule has 1 aromatic heterocycles. The van der Waals surface area contributed by atoms with E-state index in [-0.39, 0.29) is 5.91 Å². The first-order valence-electron chi connectivity index (χ1n) is 7.66. The lowest BCUT2D eigenvalue weighted by Crippen LogP contribution is -2.32. The fourth-order valence-corrected chi connectivity index (χ4v) is 3.08. The maximum Gasteiger partial charge on any atom is 0.276 e. The molecule has 23 heavy (non-hydrogen) atoms. The molecule has 0 bridgehead atoms. The third-order valence-electron chi connectivity index (χ3n) is 3.81. The van der Waals surface area contributed by atoms with Gasteiger partial charge >= 0.3 is 0 Å². The Labute approximate surface area is 141 Å². The molecule has 1 saturated heterocycles.